The molecule has 160 valence electrons. The summed E-state index contributed by atoms with van der Waals surface area (Å²) in [5.74, 6) is -0.338. The summed E-state index contributed by atoms with van der Waals surface area (Å²) in [7, 11) is 0. The molecule has 1 heterocycles. The quantitative estimate of drug-likeness (QED) is 0.593. The second-order valence-corrected chi connectivity index (χ2v) is 8.36. The van der Waals surface area contributed by atoms with Gasteiger partial charge in [-0.15, -0.1) is 0 Å². The Labute approximate surface area is 192 Å². The Morgan fingerprint density at radius 2 is 1.78 bits per heavy atom. The highest BCUT2D eigenvalue weighted by atomic mass is 35.5. The van der Waals surface area contributed by atoms with Gasteiger partial charge in [0, 0.05) is 23.7 Å². The first-order valence-electron chi connectivity index (χ1n) is 10.4. The van der Waals surface area contributed by atoms with E-state index in [4.69, 9.17) is 16.9 Å². The van der Waals surface area contributed by atoms with Gasteiger partial charge >= 0.3 is 0 Å². The number of hydrogen-bond acceptors (Lipinski definition) is 3. The molecule has 0 radical (unpaired) electrons. The van der Waals surface area contributed by atoms with Crippen LogP contribution in [-0.4, -0.2) is 23.3 Å². The van der Waals surface area contributed by atoms with Gasteiger partial charge < -0.3 is 10.2 Å². The molecule has 0 aliphatic carbocycles. The van der Waals surface area contributed by atoms with Crippen molar-refractivity contribution in [3.63, 3.8) is 0 Å². The monoisotopic (exact) mass is 443 g/mol. The van der Waals surface area contributed by atoms with E-state index < -0.39 is 6.04 Å². The Balaban J connectivity index is 1.54. The number of rotatable bonds is 6. The Hall–Kier alpha value is -3.62. The van der Waals surface area contributed by atoms with Gasteiger partial charge in [-0.25, -0.2) is 0 Å². The van der Waals surface area contributed by atoms with Crippen LogP contribution < -0.4 is 5.32 Å². The van der Waals surface area contributed by atoms with Gasteiger partial charge in [0.2, 0.25) is 5.91 Å². The predicted molar refractivity (Wildman–Crippen MR) is 123 cm³/mol. The fraction of sp³-hybridized carbons (Fsp3) is 0.192. The van der Waals surface area contributed by atoms with Crippen molar-refractivity contribution in [1.29, 1.82) is 5.26 Å². The molecule has 2 atom stereocenters. The Kier molecular flexibility index (Phi) is 6.25. The smallest absolute Gasteiger partial charge is 0.255 e. The third-order valence-corrected chi connectivity index (χ3v) is 6.02. The minimum Gasteiger partial charge on any atom is -0.350 e. The molecule has 3 aromatic carbocycles. The SMILES string of the molecule is CC(CN1C(=O)c2ccccc2C1C(=O)NCc1ccc(C#N)cc1)c1ccc(Cl)cc1. The van der Waals surface area contributed by atoms with Gasteiger partial charge in [0.15, 0.2) is 0 Å². The molecular formula is C26H22ClN3O2. The summed E-state index contributed by atoms with van der Waals surface area (Å²) in [5.41, 5.74) is 3.79. The van der Waals surface area contributed by atoms with E-state index in [-0.39, 0.29) is 17.7 Å². The molecule has 1 N–H and O–H groups in total. The molecule has 5 nitrogen and oxygen atoms in total. The molecule has 6 heteroatoms. The average molecular weight is 444 g/mol. The van der Waals surface area contributed by atoms with Crippen LogP contribution in [0.15, 0.2) is 72.8 Å². The highest BCUT2D eigenvalue weighted by molar-refractivity contribution is 6.30. The van der Waals surface area contributed by atoms with E-state index in [0.29, 0.717) is 29.2 Å². The maximum Gasteiger partial charge on any atom is 0.255 e. The van der Waals surface area contributed by atoms with Crippen molar-refractivity contribution in [3.05, 3.63) is 106 Å². The number of nitrogens with zero attached hydrogens (tertiary/aromatic N) is 2. The molecule has 3 aromatic rings. The minimum atomic E-state index is -0.688. The van der Waals surface area contributed by atoms with Crippen molar-refractivity contribution in [2.45, 2.75) is 25.4 Å². The van der Waals surface area contributed by atoms with Crippen molar-refractivity contribution in [2.75, 3.05) is 6.54 Å². The Morgan fingerprint density at radius 1 is 1.09 bits per heavy atom. The standard InChI is InChI=1S/C26H22ClN3O2/c1-17(20-10-12-21(27)13-11-20)16-30-24(22-4-2-3-5-23(22)26(30)32)25(31)29-15-19-8-6-18(14-28)7-9-19/h2-13,17,24H,15-16H2,1H3,(H,29,31). The van der Waals surface area contributed by atoms with Gasteiger partial charge in [-0.3, -0.25) is 9.59 Å². The number of fused-ring (bicyclic) bond motifs is 1. The minimum absolute atomic E-state index is 0.0272. The topological polar surface area (TPSA) is 73.2 Å². The fourth-order valence-corrected chi connectivity index (χ4v) is 4.14. The molecule has 32 heavy (non-hydrogen) atoms. The van der Waals surface area contributed by atoms with Crippen molar-refractivity contribution in [3.8, 4) is 6.07 Å². The van der Waals surface area contributed by atoms with Crippen LogP contribution in [0.2, 0.25) is 5.02 Å². The highest BCUT2D eigenvalue weighted by Crippen LogP contribution is 2.35. The third kappa shape index (κ3) is 4.37. The number of carbonyl (C=O) groups excluding carboxylic acids is 2. The maximum absolute atomic E-state index is 13.2. The van der Waals surface area contributed by atoms with E-state index in [1.54, 1.807) is 23.1 Å². The lowest BCUT2D eigenvalue weighted by Crippen LogP contribution is -2.40. The Bertz CT molecular complexity index is 1180. The summed E-state index contributed by atoms with van der Waals surface area (Å²) in [6, 6.07) is 23.3. The maximum atomic E-state index is 13.2. The molecule has 1 aliphatic rings. The van der Waals surface area contributed by atoms with Crippen molar-refractivity contribution in [2.24, 2.45) is 0 Å². The third-order valence-electron chi connectivity index (χ3n) is 5.77. The first kappa shape index (κ1) is 21.6. The summed E-state index contributed by atoms with van der Waals surface area (Å²) < 4.78 is 0. The van der Waals surface area contributed by atoms with Crippen LogP contribution in [0.5, 0.6) is 0 Å². The number of halogens is 1. The molecule has 2 unspecified atom stereocenters. The fourth-order valence-electron chi connectivity index (χ4n) is 4.02. The first-order valence-corrected chi connectivity index (χ1v) is 10.8. The van der Waals surface area contributed by atoms with Gasteiger partial charge in [-0.05, 0) is 52.9 Å². The molecular weight excluding hydrogens is 422 g/mol. The van der Waals surface area contributed by atoms with Crippen molar-refractivity contribution < 1.29 is 9.59 Å². The van der Waals surface area contributed by atoms with E-state index >= 15 is 0 Å². The number of carbonyl (C=O) groups is 2. The van der Waals surface area contributed by atoms with Crippen LogP contribution in [-0.2, 0) is 11.3 Å². The molecule has 0 saturated carbocycles. The molecule has 0 aromatic heterocycles. The summed E-state index contributed by atoms with van der Waals surface area (Å²) in [4.78, 5) is 28.1. The van der Waals surface area contributed by atoms with Crippen LogP contribution in [0.3, 0.4) is 0 Å². The lowest BCUT2D eigenvalue weighted by Gasteiger charge is -2.27. The van der Waals surface area contributed by atoms with E-state index in [2.05, 4.69) is 11.4 Å². The zero-order chi connectivity index (χ0) is 22.7. The molecule has 1 aliphatic heterocycles. The van der Waals surface area contributed by atoms with Crippen LogP contribution in [0.25, 0.3) is 0 Å². The van der Waals surface area contributed by atoms with E-state index in [0.717, 1.165) is 16.7 Å². The first-order chi connectivity index (χ1) is 15.5. The second-order valence-electron chi connectivity index (χ2n) is 7.93. The van der Waals surface area contributed by atoms with E-state index in [1.165, 1.54) is 0 Å². The molecule has 4 rings (SSSR count). The van der Waals surface area contributed by atoms with E-state index in [1.807, 2.05) is 61.5 Å². The van der Waals surface area contributed by atoms with Gasteiger partial charge in [0.25, 0.3) is 5.91 Å². The van der Waals surface area contributed by atoms with Crippen molar-refractivity contribution >= 4 is 23.4 Å². The average Bonchev–Trinajstić information content (AvgIpc) is 3.10. The van der Waals surface area contributed by atoms with E-state index in [9.17, 15) is 9.59 Å². The molecule has 2 amide bonds. The summed E-state index contributed by atoms with van der Waals surface area (Å²) in [6.45, 7) is 2.76. The van der Waals surface area contributed by atoms with Crippen LogP contribution in [0.4, 0.5) is 0 Å². The molecule has 0 spiro atoms. The van der Waals surface area contributed by atoms with Gasteiger partial charge in [-0.1, -0.05) is 61.0 Å². The molecule has 0 saturated heterocycles. The lowest BCUT2D eigenvalue weighted by atomic mass is 9.99. The number of amides is 2. The highest BCUT2D eigenvalue weighted by Gasteiger charge is 2.41. The van der Waals surface area contributed by atoms with Crippen molar-refractivity contribution in [1.82, 2.24) is 10.2 Å². The number of nitrogens with one attached hydrogen (secondary N) is 1. The summed E-state index contributed by atoms with van der Waals surface area (Å²) >= 11 is 6.00. The van der Waals surface area contributed by atoms with Gasteiger partial charge in [0.05, 0.1) is 11.6 Å². The number of hydrogen-bond donors (Lipinski definition) is 1. The zero-order valence-corrected chi connectivity index (χ0v) is 18.3. The van der Waals surface area contributed by atoms with Crippen LogP contribution in [0, 0.1) is 11.3 Å². The second kappa shape index (κ2) is 9.25. The summed E-state index contributed by atoms with van der Waals surface area (Å²) in [5, 5.41) is 12.6. The normalized spacial score (nSPS) is 15.7. The largest absolute Gasteiger partial charge is 0.350 e. The van der Waals surface area contributed by atoms with Gasteiger partial charge in [-0.2, -0.15) is 5.26 Å². The Morgan fingerprint density at radius 3 is 2.47 bits per heavy atom. The van der Waals surface area contributed by atoms with Gasteiger partial charge in [0.1, 0.15) is 6.04 Å². The lowest BCUT2D eigenvalue weighted by molar-refractivity contribution is -0.125. The number of nitriles is 1. The predicted octanol–water partition coefficient (Wildman–Crippen LogP) is 4.83. The summed E-state index contributed by atoms with van der Waals surface area (Å²) in [6.07, 6.45) is 0. The molecule has 0 bridgehead atoms. The van der Waals surface area contributed by atoms with Crippen LogP contribution in [0.1, 0.15) is 51.5 Å². The zero-order valence-electron chi connectivity index (χ0n) is 17.6. The van der Waals surface area contributed by atoms with Crippen LogP contribution >= 0.6 is 11.6 Å². The number of benzene rings is 3. The molecule has 0 fully saturated rings.